The fraction of sp³-hybridized carbons (Fsp3) is 0.368. The van der Waals surface area contributed by atoms with Gasteiger partial charge in [-0.05, 0) is 36.2 Å². The van der Waals surface area contributed by atoms with E-state index in [1.807, 2.05) is 36.4 Å². The summed E-state index contributed by atoms with van der Waals surface area (Å²) in [7, 11) is -1.78. The fourth-order valence-corrected chi connectivity index (χ4v) is 4.46. The van der Waals surface area contributed by atoms with Crippen LogP contribution in [-0.4, -0.2) is 46.0 Å². The first-order chi connectivity index (χ1) is 12.0. The van der Waals surface area contributed by atoms with Crippen molar-refractivity contribution in [2.75, 3.05) is 38.2 Å². The van der Waals surface area contributed by atoms with Crippen molar-refractivity contribution in [3.8, 4) is 5.75 Å². The molecule has 0 aromatic heterocycles. The van der Waals surface area contributed by atoms with Gasteiger partial charge in [-0.3, -0.25) is 0 Å². The van der Waals surface area contributed by atoms with Crippen LogP contribution in [-0.2, 0) is 16.4 Å². The van der Waals surface area contributed by atoms with Gasteiger partial charge in [0.15, 0.2) is 0 Å². The van der Waals surface area contributed by atoms with Crippen LogP contribution in [0.15, 0.2) is 53.4 Å². The number of ether oxygens (including phenoxy) is 1. The van der Waals surface area contributed by atoms with E-state index in [1.165, 1.54) is 0 Å². The normalized spacial score (nSPS) is 16.0. The zero-order valence-corrected chi connectivity index (χ0v) is 15.5. The second-order valence-electron chi connectivity index (χ2n) is 6.09. The molecule has 1 heterocycles. The van der Waals surface area contributed by atoms with Crippen LogP contribution in [0.4, 0.5) is 5.69 Å². The van der Waals surface area contributed by atoms with Crippen molar-refractivity contribution in [3.63, 3.8) is 0 Å². The molecule has 25 heavy (non-hydrogen) atoms. The van der Waals surface area contributed by atoms with Crippen LogP contribution in [0.25, 0.3) is 0 Å². The third-order valence-electron chi connectivity index (χ3n) is 4.63. The highest BCUT2D eigenvalue weighted by atomic mass is 32.2. The van der Waals surface area contributed by atoms with E-state index in [2.05, 4.69) is 11.8 Å². The molecule has 0 spiro atoms. The molecular formula is C19H24N2O3S. The predicted molar refractivity (Wildman–Crippen MR) is 99.8 cm³/mol. The number of piperazine rings is 1. The molecule has 0 atom stereocenters. The Hall–Kier alpha value is -2.05. The molecule has 2 aromatic rings. The number of aryl methyl sites for hydroxylation is 1. The number of methoxy groups -OCH3 is 1. The van der Waals surface area contributed by atoms with Crippen molar-refractivity contribution in [2.24, 2.45) is 0 Å². The van der Waals surface area contributed by atoms with Crippen molar-refractivity contribution in [2.45, 2.75) is 18.2 Å². The van der Waals surface area contributed by atoms with Gasteiger partial charge in [-0.15, -0.1) is 0 Å². The number of anilines is 1. The Bertz CT molecular complexity index is 811. The lowest BCUT2D eigenvalue weighted by Gasteiger charge is -2.35. The molecule has 0 N–H and O–H groups in total. The molecule has 0 radical (unpaired) electrons. The monoisotopic (exact) mass is 360 g/mol. The second kappa shape index (κ2) is 7.45. The molecule has 3 rings (SSSR count). The molecule has 1 aliphatic heterocycles. The van der Waals surface area contributed by atoms with E-state index in [4.69, 9.17) is 4.74 Å². The van der Waals surface area contributed by atoms with Crippen molar-refractivity contribution in [3.05, 3.63) is 54.1 Å². The van der Waals surface area contributed by atoms with Crippen LogP contribution < -0.4 is 9.64 Å². The minimum Gasteiger partial charge on any atom is -0.497 e. The van der Waals surface area contributed by atoms with Crippen molar-refractivity contribution >= 4 is 15.7 Å². The Balaban J connectivity index is 1.70. The topological polar surface area (TPSA) is 49.9 Å². The lowest BCUT2D eigenvalue weighted by molar-refractivity contribution is 0.384. The Kier molecular flexibility index (Phi) is 5.30. The Morgan fingerprint density at radius 2 is 1.68 bits per heavy atom. The maximum atomic E-state index is 12.8. The van der Waals surface area contributed by atoms with Gasteiger partial charge in [0.05, 0.1) is 12.0 Å². The van der Waals surface area contributed by atoms with Crippen LogP contribution in [0.2, 0.25) is 0 Å². The van der Waals surface area contributed by atoms with E-state index in [-0.39, 0.29) is 0 Å². The van der Waals surface area contributed by atoms with Gasteiger partial charge in [-0.2, -0.15) is 4.31 Å². The maximum absolute atomic E-state index is 12.8. The third-order valence-corrected chi connectivity index (χ3v) is 6.54. The van der Waals surface area contributed by atoms with Gasteiger partial charge < -0.3 is 9.64 Å². The average molecular weight is 360 g/mol. The largest absolute Gasteiger partial charge is 0.497 e. The van der Waals surface area contributed by atoms with Crippen molar-refractivity contribution in [1.82, 2.24) is 4.31 Å². The van der Waals surface area contributed by atoms with E-state index in [0.29, 0.717) is 31.1 Å². The summed E-state index contributed by atoms with van der Waals surface area (Å²) in [4.78, 5) is 2.56. The highest BCUT2D eigenvalue weighted by Gasteiger charge is 2.28. The second-order valence-corrected chi connectivity index (χ2v) is 8.03. The lowest BCUT2D eigenvalue weighted by Crippen LogP contribution is -2.48. The first-order valence-electron chi connectivity index (χ1n) is 8.52. The number of benzene rings is 2. The van der Waals surface area contributed by atoms with Gasteiger partial charge in [-0.25, -0.2) is 8.42 Å². The molecule has 1 saturated heterocycles. The van der Waals surface area contributed by atoms with E-state index in [0.717, 1.165) is 23.4 Å². The first-order valence-corrected chi connectivity index (χ1v) is 9.96. The summed E-state index contributed by atoms with van der Waals surface area (Å²) < 4.78 is 32.5. The van der Waals surface area contributed by atoms with E-state index in [1.54, 1.807) is 23.5 Å². The molecular weight excluding hydrogens is 336 g/mol. The number of hydrogen-bond donors (Lipinski definition) is 0. The molecule has 0 aliphatic carbocycles. The molecule has 1 fully saturated rings. The molecule has 0 unspecified atom stereocenters. The van der Waals surface area contributed by atoms with Gasteiger partial charge in [0.1, 0.15) is 5.75 Å². The summed E-state index contributed by atoms with van der Waals surface area (Å²) in [6, 6.07) is 15.1. The Labute approximate surface area is 149 Å². The highest BCUT2D eigenvalue weighted by Crippen LogP contribution is 2.24. The zero-order chi connectivity index (χ0) is 17.9. The maximum Gasteiger partial charge on any atom is 0.243 e. The molecule has 0 amide bonds. The molecule has 0 bridgehead atoms. The van der Waals surface area contributed by atoms with E-state index >= 15 is 0 Å². The number of nitrogens with zero attached hydrogens (tertiary/aromatic N) is 2. The van der Waals surface area contributed by atoms with E-state index in [9.17, 15) is 8.42 Å². The Morgan fingerprint density at radius 3 is 2.28 bits per heavy atom. The van der Waals surface area contributed by atoms with Crippen LogP contribution in [0.3, 0.4) is 0 Å². The summed E-state index contributed by atoms with van der Waals surface area (Å²) in [5.41, 5.74) is 2.20. The molecule has 1 aliphatic rings. The Morgan fingerprint density at radius 1 is 1.00 bits per heavy atom. The van der Waals surface area contributed by atoms with Gasteiger partial charge >= 0.3 is 0 Å². The summed E-state index contributed by atoms with van der Waals surface area (Å²) in [5.74, 6) is 0.809. The van der Waals surface area contributed by atoms with Gasteiger partial charge in [0, 0.05) is 37.9 Å². The van der Waals surface area contributed by atoms with Crippen LogP contribution in [0.5, 0.6) is 5.75 Å². The fourth-order valence-electron chi connectivity index (χ4n) is 3.04. The van der Waals surface area contributed by atoms with Crippen molar-refractivity contribution < 1.29 is 13.2 Å². The smallest absolute Gasteiger partial charge is 0.243 e. The SMILES string of the molecule is CCc1ccc(S(=O)(=O)N2CCN(c3cccc(OC)c3)CC2)cc1. The standard InChI is InChI=1S/C19H24N2O3S/c1-3-16-7-9-19(10-8-16)25(22,23)21-13-11-20(12-14-21)17-5-4-6-18(15-17)24-2/h4-10,15H,3,11-14H2,1-2H3. The van der Waals surface area contributed by atoms with Crippen LogP contribution in [0, 0.1) is 0 Å². The minimum absolute atomic E-state index is 0.375. The molecule has 0 saturated carbocycles. The van der Waals surface area contributed by atoms with Gasteiger partial charge in [0.25, 0.3) is 0 Å². The summed E-state index contributed by atoms with van der Waals surface area (Å²) in [6.07, 6.45) is 0.902. The van der Waals surface area contributed by atoms with Gasteiger partial charge in [0.2, 0.25) is 10.0 Å². The van der Waals surface area contributed by atoms with E-state index < -0.39 is 10.0 Å². The van der Waals surface area contributed by atoms with Gasteiger partial charge in [-0.1, -0.05) is 25.1 Å². The van der Waals surface area contributed by atoms with Crippen LogP contribution in [0.1, 0.15) is 12.5 Å². The predicted octanol–water partition coefficient (Wildman–Crippen LogP) is 2.77. The summed E-state index contributed by atoms with van der Waals surface area (Å²) in [5, 5.41) is 0. The highest BCUT2D eigenvalue weighted by molar-refractivity contribution is 7.89. The number of hydrogen-bond acceptors (Lipinski definition) is 4. The minimum atomic E-state index is -3.42. The first kappa shape index (κ1) is 17.8. The molecule has 5 nitrogen and oxygen atoms in total. The third kappa shape index (κ3) is 3.80. The molecule has 6 heteroatoms. The summed E-state index contributed by atoms with van der Waals surface area (Å²) in [6.45, 7) is 4.35. The quantitative estimate of drug-likeness (QED) is 0.823. The average Bonchev–Trinajstić information content (AvgIpc) is 2.68. The van der Waals surface area contributed by atoms with Crippen molar-refractivity contribution in [1.29, 1.82) is 0 Å². The van der Waals surface area contributed by atoms with Crippen LogP contribution >= 0.6 is 0 Å². The molecule has 2 aromatic carbocycles. The summed E-state index contributed by atoms with van der Waals surface area (Å²) >= 11 is 0. The molecule has 134 valence electrons. The number of sulfonamides is 1. The zero-order valence-electron chi connectivity index (χ0n) is 14.7. The lowest BCUT2D eigenvalue weighted by atomic mass is 10.2. The number of rotatable bonds is 5.